The Balaban J connectivity index is 0.000000241. The number of hydrogen-bond acceptors (Lipinski definition) is 2. The van der Waals surface area contributed by atoms with Crippen molar-refractivity contribution in [2.24, 2.45) is 5.92 Å². The summed E-state index contributed by atoms with van der Waals surface area (Å²) in [7, 11) is -1.45. The van der Waals surface area contributed by atoms with Crippen molar-refractivity contribution in [3.63, 3.8) is 0 Å². The van der Waals surface area contributed by atoms with E-state index in [9.17, 15) is 0 Å². The van der Waals surface area contributed by atoms with Crippen molar-refractivity contribution >= 4 is 51.4 Å². The van der Waals surface area contributed by atoms with Gasteiger partial charge in [-0.05, 0) is 51.9 Å². The van der Waals surface area contributed by atoms with E-state index in [1.165, 1.54) is 48.8 Å². The molecule has 231 valence electrons. The fourth-order valence-electron chi connectivity index (χ4n) is 6.52. The zero-order chi connectivity index (χ0) is 31.1. The van der Waals surface area contributed by atoms with Crippen LogP contribution in [0.15, 0.2) is 116 Å². The van der Waals surface area contributed by atoms with E-state index in [0.29, 0.717) is 5.92 Å². The minimum atomic E-state index is -1.45. The molecule has 4 aromatic heterocycles. The van der Waals surface area contributed by atoms with E-state index in [4.69, 9.17) is 4.98 Å². The van der Waals surface area contributed by atoms with Crippen LogP contribution in [0.5, 0.6) is 0 Å². The third kappa shape index (κ3) is 5.91. The molecule has 0 saturated heterocycles. The van der Waals surface area contributed by atoms with Gasteiger partial charge in [0.15, 0.2) is 0 Å². The van der Waals surface area contributed by atoms with Gasteiger partial charge >= 0.3 is 0 Å². The molecule has 8 rings (SSSR count). The van der Waals surface area contributed by atoms with Gasteiger partial charge in [0, 0.05) is 48.8 Å². The quantitative estimate of drug-likeness (QED) is 0.128. The number of hydrogen-bond donors (Lipinski definition) is 0. The third-order valence-electron chi connectivity index (χ3n) is 8.51. The van der Waals surface area contributed by atoms with Crippen molar-refractivity contribution in [3.05, 3.63) is 133 Å². The Labute approximate surface area is 286 Å². The fraction of sp³-hybridized carbons (Fsp3) is 0.171. The van der Waals surface area contributed by atoms with Crippen LogP contribution in [0.25, 0.3) is 60.6 Å². The van der Waals surface area contributed by atoms with Crippen molar-refractivity contribution < 1.29 is 20.1 Å². The van der Waals surface area contributed by atoms with Crippen LogP contribution in [0.1, 0.15) is 19.4 Å². The normalized spacial score (nSPS) is 11.7. The largest absolute Gasteiger partial charge is 0.350 e. The molecular formula is C41H37IrN3Si-2. The minimum Gasteiger partial charge on any atom is -0.350 e. The predicted molar refractivity (Wildman–Crippen MR) is 193 cm³/mol. The molecule has 0 spiro atoms. The van der Waals surface area contributed by atoms with Gasteiger partial charge in [-0.25, -0.2) is 0 Å². The predicted octanol–water partition coefficient (Wildman–Crippen LogP) is 9.99. The van der Waals surface area contributed by atoms with E-state index >= 15 is 0 Å². The first kappa shape index (κ1) is 31.8. The molecule has 1 radical (unpaired) electrons. The van der Waals surface area contributed by atoms with Crippen molar-refractivity contribution in [1.29, 1.82) is 0 Å². The van der Waals surface area contributed by atoms with Gasteiger partial charge in [0.05, 0.1) is 13.6 Å². The zero-order valence-corrected chi connectivity index (χ0v) is 30.3. The van der Waals surface area contributed by atoms with Gasteiger partial charge in [0.1, 0.15) is 0 Å². The van der Waals surface area contributed by atoms with E-state index in [2.05, 4.69) is 122 Å². The monoisotopic (exact) mass is 792 g/mol. The minimum absolute atomic E-state index is 0. The summed E-state index contributed by atoms with van der Waals surface area (Å²) in [6.07, 6.45) is 5.03. The van der Waals surface area contributed by atoms with E-state index < -0.39 is 8.07 Å². The summed E-state index contributed by atoms with van der Waals surface area (Å²) in [6, 6.07) is 42.5. The number of benzene rings is 4. The molecule has 0 saturated carbocycles. The number of nitrogens with zero attached hydrogens (tertiary/aromatic N) is 3. The fourth-order valence-corrected chi connectivity index (χ4v) is 8.11. The molecule has 46 heavy (non-hydrogen) atoms. The Morgan fingerprint density at radius 1 is 0.696 bits per heavy atom. The number of aromatic nitrogens is 3. The molecule has 0 aliphatic rings. The van der Waals surface area contributed by atoms with Crippen LogP contribution in [0.2, 0.25) is 19.6 Å². The SMILES string of the molecule is CC(C)Cc1cc(-c2[c-]cc3c(c2)c2cccc4c5ccccc5n3c24)ncc1[Si](C)(C)C.[Ir].[c-]1ccccc1-c1ccccn1. The van der Waals surface area contributed by atoms with Crippen molar-refractivity contribution in [2.75, 3.05) is 0 Å². The molecule has 3 nitrogen and oxygen atoms in total. The van der Waals surface area contributed by atoms with Gasteiger partial charge in [-0.15, -0.1) is 59.7 Å². The van der Waals surface area contributed by atoms with Crippen LogP contribution in [0, 0.1) is 18.1 Å². The van der Waals surface area contributed by atoms with Crippen LogP contribution in [-0.4, -0.2) is 22.4 Å². The summed E-state index contributed by atoms with van der Waals surface area (Å²) in [5.41, 5.74) is 9.36. The van der Waals surface area contributed by atoms with Crippen LogP contribution in [-0.2, 0) is 26.5 Å². The second-order valence-corrected chi connectivity index (χ2v) is 18.3. The molecule has 0 N–H and O–H groups in total. The van der Waals surface area contributed by atoms with E-state index in [1.54, 1.807) is 6.20 Å². The first-order valence-corrected chi connectivity index (χ1v) is 19.3. The molecule has 4 aromatic carbocycles. The van der Waals surface area contributed by atoms with Crippen molar-refractivity contribution in [3.8, 4) is 22.5 Å². The molecule has 4 heterocycles. The summed E-state index contributed by atoms with van der Waals surface area (Å²) >= 11 is 0. The maximum absolute atomic E-state index is 4.94. The van der Waals surface area contributed by atoms with Gasteiger partial charge in [-0.3, -0.25) is 0 Å². The van der Waals surface area contributed by atoms with E-state index in [1.807, 2.05) is 42.5 Å². The molecule has 0 amide bonds. The first-order valence-electron chi connectivity index (χ1n) is 15.8. The van der Waals surface area contributed by atoms with E-state index in [-0.39, 0.29) is 20.1 Å². The van der Waals surface area contributed by atoms with Gasteiger partial charge in [-0.2, -0.15) is 0 Å². The zero-order valence-electron chi connectivity index (χ0n) is 26.9. The maximum Gasteiger partial charge on any atom is 0.0798 e. The van der Waals surface area contributed by atoms with Gasteiger partial charge in [0.2, 0.25) is 0 Å². The molecule has 0 fully saturated rings. The van der Waals surface area contributed by atoms with Gasteiger partial charge in [0.25, 0.3) is 0 Å². The van der Waals surface area contributed by atoms with Gasteiger partial charge in [-0.1, -0.05) is 99.0 Å². The number of para-hydroxylation sites is 2. The standard InChI is InChI=1S/C30H29N2Si.C11H8N.Ir/c1-19(2)15-21-17-26(31-18-29(21)33(3,4)5)20-13-14-28-25(16-20)24-11-8-10-23-22-9-6-7-12-27(22)32(28)30(23)24;1-2-6-10(7-3-1)11-8-4-5-9-12-11;/h6-12,14,16-19H,15H2,1-5H3;1-6,8-9H;/q2*-1;. The van der Waals surface area contributed by atoms with Gasteiger partial charge < -0.3 is 14.4 Å². The summed E-state index contributed by atoms with van der Waals surface area (Å²) in [4.78, 5) is 9.16. The number of fused-ring (bicyclic) bond motifs is 6. The Morgan fingerprint density at radius 3 is 2.15 bits per heavy atom. The molecular weight excluding hydrogens is 755 g/mol. The summed E-state index contributed by atoms with van der Waals surface area (Å²) < 4.78 is 2.40. The molecule has 0 aliphatic heterocycles. The van der Waals surface area contributed by atoms with Crippen LogP contribution < -0.4 is 5.19 Å². The van der Waals surface area contributed by atoms with Crippen LogP contribution in [0.3, 0.4) is 0 Å². The number of pyridine rings is 2. The molecule has 0 bridgehead atoms. The molecule has 8 aromatic rings. The second-order valence-electron chi connectivity index (χ2n) is 13.3. The summed E-state index contributed by atoms with van der Waals surface area (Å²) in [5.74, 6) is 0.621. The smallest absolute Gasteiger partial charge is 0.0798 e. The average molecular weight is 792 g/mol. The summed E-state index contributed by atoms with van der Waals surface area (Å²) in [6.45, 7) is 11.8. The first-order chi connectivity index (χ1) is 21.8. The Bertz CT molecular complexity index is 2210. The van der Waals surface area contributed by atoms with Crippen LogP contribution >= 0.6 is 0 Å². The maximum atomic E-state index is 4.94. The Hall–Kier alpha value is -4.15. The third-order valence-corrected chi connectivity index (χ3v) is 10.6. The molecule has 5 heteroatoms. The average Bonchev–Trinajstić information content (AvgIpc) is 3.57. The second kappa shape index (κ2) is 12.9. The Morgan fingerprint density at radius 2 is 1.43 bits per heavy atom. The van der Waals surface area contributed by atoms with Crippen LogP contribution in [0.4, 0.5) is 0 Å². The van der Waals surface area contributed by atoms with Crippen molar-refractivity contribution in [2.45, 2.75) is 39.9 Å². The summed E-state index contributed by atoms with van der Waals surface area (Å²) in [5, 5.41) is 6.68. The molecule has 0 aliphatic carbocycles. The topological polar surface area (TPSA) is 30.2 Å². The Kier molecular flexibility index (Phi) is 8.94. The molecule has 0 atom stereocenters. The van der Waals surface area contributed by atoms with E-state index in [0.717, 1.165) is 28.9 Å². The number of rotatable bonds is 5. The van der Waals surface area contributed by atoms with Crippen molar-refractivity contribution in [1.82, 2.24) is 14.4 Å². The molecule has 0 unspecified atom stereocenters.